The number of nitrogens with one attached hydrogen (secondary N) is 1. The number of ether oxygens (including phenoxy) is 1. The van der Waals surface area contributed by atoms with E-state index in [1.54, 1.807) is 6.21 Å². The molecule has 7 heteroatoms. The number of benzene rings is 3. The monoisotopic (exact) mass is 458 g/mol. The molecule has 0 radical (unpaired) electrons. The lowest BCUT2D eigenvalue weighted by molar-refractivity contribution is -0.118. The van der Waals surface area contributed by atoms with Gasteiger partial charge in [-0.15, -0.1) is 0 Å². The molecule has 3 aromatic carbocycles. The molecule has 1 heterocycles. The van der Waals surface area contributed by atoms with E-state index in [1.807, 2.05) is 49.4 Å². The Kier molecular flexibility index (Phi) is 7.42. The highest BCUT2D eigenvalue weighted by atomic mass is 32.2. The molecule has 6 nitrogen and oxygen atoms in total. The van der Waals surface area contributed by atoms with Crippen LogP contribution in [0.3, 0.4) is 0 Å². The fraction of sp³-hybridized carbons (Fsp3) is 0.192. The molecule has 0 unspecified atom stereocenters. The van der Waals surface area contributed by atoms with E-state index in [2.05, 4.69) is 52.3 Å². The van der Waals surface area contributed by atoms with Crippen LogP contribution in [-0.2, 0) is 11.3 Å². The number of aryl methyl sites for hydroxylation is 1. The standard InChI is InChI=1S/C26H26N4O2S/c1-3-32-24-11-7-4-8-21(24)16-27-29-25(31)18-33-26-28-22-9-5-6-10-23(22)30(26)17-20-14-12-19(2)13-15-20/h4-16H,3,17-18H2,1-2H3,(H,29,31). The van der Waals surface area contributed by atoms with Gasteiger partial charge < -0.3 is 9.30 Å². The first kappa shape index (κ1) is 22.6. The third-order valence-electron chi connectivity index (χ3n) is 5.02. The summed E-state index contributed by atoms with van der Waals surface area (Å²) < 4.78 is 7.73. The molecule has 0 spiro atoms. The van der Waals surface area contributed by atoms with Gasteiger partial charge in [-0.05, 0) is 43.7 Å². The normalized spacial score (nSPS) is 11.2. The second-order valence-corrected chi connectivity index (χ2v) is 8.45. The van der Waals surface area contributed by atoms with Crippen LogP contribution in [0.2, 0.25) is 0 Å². The van der Waals surface area contributed by atoms with E-state index in [4.69, 9.17) is 9.72 Å². The number of imidazole rings is 1. The second kappa shape index (κ2) is 10.8. The molecule has 0 saturated heterocycles. The molecule has 0 bridgehead atoms. The molecular formula is C26H26N4O2S. The molecule has 0 atom stereocenters. The second-order valence-electron chi connectivity index (χ2n) is 7.51. The molecular weight excluding hydrogens is 432 g/mol. The minimum absolute atomic E-state index is 0.195. The summed E-state index contributed by atoms with van der Waals surface area (Å²) in [5.74, 6) is 0.748. The molecule has 168 valence electrons. The summed E-state index contributed by atoms with van der Waals surface area (Å²) in [6.07, 6.45) is 1.60. The summed E-state index contributed by atoms with van der Waals surface area (Å²) in [7, 11) is 0. The van der Waals surface area contributed by atoms with Gasteiger partial charge in [-0.1, -0.05) is 65.9 Å². The van der Waals surface area contributed by atoms with Gasteiger partial charge in [0.25, 0.3) is 5.91 Å². The third-order valence-corrected chi connectivity index (χ3v) is 6.00. The van der Waals surface area contributed by atoms with E-state index in [1.165, 1.54) is 22.9 Å². The Labute approximate surface area is 197 Å². The lowest BCUT2D eigenvalue weighted by Crippen LogP contribution is -2.20. The Bertz CT molecular complexity index is 1270. The number of rotatable bonds is 9. The number of carbonyl (C=O) groups excluding carboxylic acids is 1. The number of aromatic nitrogens is 2. The van der Waals surface area contributed by atoms with Crippen LogP contribution in [0.15, 0.2) is 83.1 Å². The molecule has 0 fully saturated rings. The molecule has 33 heavy (non-hydrogen) atoms. The summed E-state index contributed by atoms with van der Waals surface area (Å²) in [5, 5.41) is 4.90. The first-order valence-corrected chi connectivity index (χ1v) is 11.8. The van der Waals surface area contributed by atoms with Crippen molar-refractivity contribution < 1.29 is 9.53 Å². The number of fused-ring (bicyclic) bond motifs is 1. The van der Waals surface area contributed by atoms with Crippen LogP contribution < -0.4 is 10.2 Å². The van der Waals surface area contributed by atoms with Crippen molar-refractivity contribution in [1.82, 2.24) is 15.0 Å². The fourth-order valence-corrected chi connectivity index (χ4v) is 4.21. The van der Waals surface area contributed by atoms with E-state index >= 15 is 0 Å². The van der Waals surface area contributed by atoms with Gasteiger partial charge in [-0.25, -0.2) is 10.4 Å². The number of hydrogen-bond donors (Lipinski definition) is 1. The van der Waals surface area contributed by atoms with Gasteiger partial charge in [0.1, 0.15) is 5.75 Å². The number of hydrazone groups is 1. The van der Waals surface area contributed by atoms with Crippen LogP contribution in [0.5, 0.6) is 5.75 Å². The van der Waals surface area contributed by atoms with Gasteiger partial charge in [0.2, 0.25) is 0 Å². The molecule has 4 aromatic rings. The minimum atomic E-state index is -0.195. The number of nitrogens with zero attached hydrogens (tertiary/aromatic N) is 3. The van der Waals surface area contributed by atoms with Gasteiger partial charge in [-0.2, -0.15) is 5.10 Å². The minimum Gasteiger partial charge on any atom is -0.493 e. The smallest absolute Gasteiger partial charge is 0.250 e. The molecule has 1 N–H and O–H groups in total. The van der Waals surface area contributed by atoms with Gasteiger partial charge in [0.05, 0.1) is 36.2 Å². The Morgan fingerprint density at radius 1 is 1.09 bits per heavy atom. The Morgan fingerprint density at radius 3 is 2.67 bits per heavy atom. The number of amides is 1. The van der Waals surface area contributed by atoms with Gasteiger partial charge in [0, 0.05) is 5.56 Å². The highest BCUT2D eigenvalue weighted by molar-refractivity contribution is 7.99. The lowest BCUT2D eigenvalue weighted by atomic mass is 10.1. The molecule has 4 rings (SSSR count). The lowest BCUT2D eigenvalue weighted by Gasteiger charge is -2.09. The average Bonchev–Trinajstić information content (AvgIpc) is 3.18. The van der Waals surface area contributed by atoms with Gasteiger partial charge in [0.15, 0.2) is 5.16 Å². The van der Waals surface area contributed by atoms with E-state index in [9.17, 15) is 4.79 Å². The zero-order valence-electron chi connectivity index (χ0n) is 18.7. The predicted molar refractivity (Wildman–Crippen MR) is 134 cm³/mol. The molecule has 1 aromatic heterocycles. The number of para-hydroxylation sites is 3. The fourth-order valence-electron chi connectivity index (χ4n) is 3.40. The maximum absolute atomic E-state index is 12.4. The summed E-state index contributed by atoms with van der Waals surface area (Å²) in [5.41, 5.74) is 7.79. The van der Waals surface area contributed by atoms with Crippen molar-refractivity contribution >= 4 is 34.9 Å². The maximum Gasteiger partial charge on any atom is 0.250 e. The van der Waals surface area contributed by atoms with Crippen LogP contribution in [0.4, 0.5) is 0 Å². The van der Waals surface area contributed by atoms with Crippen LogP contribution in [-0.4, -0.2) is 34.0 Å². The summed E-state index contributed by atoms with van der Waals surface area (Å²) in [4.78, 5) is 17.2. The first-order valence-electron chi connectivity index (χ1n) is 10.8. The number of carbonyl (C=O) groups is 1. The molecule has 0 aliphatic carbocycles. The molecule has 0 aliphatic rings. The van der Waals surface area contributed by atoms with Gasteiger partial charge in [-0.3, -0.25) is 4.79 Å². The Balaban J connectivity index is 1.43. The van der Waals surface area contributed by atoms with Crippen molar-refractivity contribution in [3.63, 3.8) is 0 Å². The third kappa shape index (κ3) is 5.81. The van der Waals surface area contributed by atoms with Crippen LogP contribution in [0, 0.1) is 6.92 Å². The molecule has 1 amide bonds. The van der Waals surface area contributed by atoms with Crippen LogP contribution in [0.1, 0.15) is 23.6 Å². The zero-order valence-corrected chi connectivity index (χ0v) is 19.5. The predicted octanol–water partition coefficient (Wildman–Crippen LogP) is 5.03. The highest BCUT2D eigenvalue weighted by Crippen LogP contribution is 2.25. The zero-order chi connectivity index (χ0) is 23.0. The van der Waals surface area contributed by atoms with Crippen LogP contribution in [0.25, 0.3) is 11.0 Å². The van der Waals surface area contributed by atoms with Crippen molar-refractivity contribution in [1.29, 1.82) is 0 Å². The number of thioether (sulfide) groups is 1. The van der Waals surface area contributed by atoms with Crippen molar-refractivity contribution in [3.05, 3.63) is 89.5 Å². The van der Waals surface area contributed by atoms with Gasteiger partial charge >= 0.3 is 0 Å². The van der Waals surface area contributed by atoms with E-state index < -0.39 is 0 Å². The molecule has 0 aliphatic heterocycles. The Hall–Kier alpha value is -3.58. The summed E-state index contributed by atoms with van der Waals surface area (Å²) in [6, 6.07) is 24.1. The van der Waals surface area contributed by atoms with E-state index in [0.29, 0.717) is 13.2 Å². The molecule has 0 saturated carbocycles. The quantitative estimate of drug-likeness (QED) is 0.217. The SMILES string of the molecule is CCOc1ccccc1C=NNC(=O)CSc1nc2ccccc2n1Cc1ccc(C)cc1. The van der Waals surface area contributed by atoms with Crippen LogP contribution >= 0.6 is 11.8 Å². The van der Waals surface area contributed by atoms with Crippen molar-refractivity contribution in [2.75, 3.05) is 12.4 Å². The van der Waals surface area contributed by atoms with Crippen molar-refractivity contribution in [3.8, 4) is 5.75 Å². The highest BCUT2D eigenvalue weighted by Gasteiger charge is 2.13. The average molecular weight is 459 g/mol. The van der Waals surface area contributed by atoms with E-state index in [0.717, 1.165) is 27.5 Å². The first-order chi connectivity index (χ1) is 16.1. The maximum atomic E-state index is 12.4. The Morgan fingerprint density at radius 2 is 1.85 bits per heavy atom. The summed E-state index contributed by atoms with van der Waals surface area (Å²) >= 11 is 1.40. The van der Waals surface area contributed by atoms with Crippen molar-refractivity contribution in [2.24, 2.45) is 5.10 Å². The largest absolute Gasteiger partial charge is 0.493 e. The van der Waals surface area contributed by atoms with Crippen molar-refractivity contribution in [2.45, 2.75) is 25.5 Å². The van der Waals surface area contributed by atoms with E-state index in [-0.39, 0.29) is 11.7 Å². The summed E-state index contributed by atoms with van der Waals surface area (Å²) in [6.45, 7) is 5.27. The topological polar surface area (TPSA) is 68.5 Å². The number of hydrogen-bond acceptors (Lipinski definition) is 5.